The summed E-state index contributed by atoms with van der Waals surface area (Å²) < 4.78 is 0. The molecule has 0 spiro atoms. The molecule has 1 rings (SSSR count). The van der Waals surface area contributed by atoms with Crippen molar-refractivity contribution in [3.05, 3.63) is 30.3 Å². The molecule has 0 radical (unpaired) electrons. The van der Waals surface area contributed by atoms with E-state index >= 15 is 0 Å². The van der Waals surface area contributed by atoms with Crippen LogP contribution in [0.25, 0.3) is 0 Å². The van der Waals surface area contributed by atoms with Crippen molar-refractivity contribution < 1.29 is 4.79 Å². The van der Waals surface area contributed by atoms with Crippen LogP contribution in [-0.2, 0) is 4.79 Å². The topological polar surface area (TPSA) is 41.1 Å². The van der Waals surface area contributed by atoms with Gasteiger partial charge < -0.3 is 10.6 Å². The Morgan fingerprint density at radius 3 is 2.47 bits per heavy atom. The lowest BCUT2D eigenvalue weighted by Crippen LogP contribution is -2.38. The molecular weight excluding hydrogens is 188 g/mol. The van der Waals surface area contributed by atoms with Gasteiger partial charge in [0.1, 0.15) is 0 Å². The standard InChI is InChI=1S/C12H18N2O/c1-10(2)12(14-9-15)8-13-11-6-4-3-5-7-11/h3-7,9-10,12-13H,8H2,1-2H3,(H,14,15)/t12-/m1/s1. The summed E-state index contributed by atoms with van der Waals surface area (Å²) >= 11 is 0. The van der Waals surface area contributed by atoms with Crippen LogP contribution < -0.4 is 10.6 Å². The first-order valence-corrected chi connectivity index (χ1v) is 5.22. The summed E-state index contributed by atoms with van der Waals surface area (Å²) in [5.74, 6) is 0.423. The fraction of sp³-hybridized carbons (Fsp3) is 0.417. The van der Waals surface area contributed by atoms with Gasteiger partial charge in [-0.05, 0) is 18.1 Å². The fourth-order valence-electron chi connectivity index (χ4n) is 1.36. The highest BCUT2D eigenvalue weighted by atomic mass is 16.1. The van der Waals surface area contributed by atoms with E-state index in [1.165, 1.54) is 0 Å². The molecule has 0 unspecified atom stereocenters. The van der Waals surface area contributed by atoms with Crippen LogP contribution in [0.15, 0.2) is 30.3 Å². The monoisotopic (exact) mass is 206 g/mol. The van der Waals surface area contributed by atoms with E-state index in [9.17, 15) is 4.79 Å². The van der Waals surface area contributed by atoms with Crippen LogP contribution in [0.1, 0.15) is 13.8 Å². The maximum atomic E-state index is 10.4. The van der Waals surface area contributed by atoms with Crippen LogP contribution in [0.4, 0.5) is 5.69 Å². The number of amides is 1. The lowest BCUT2D eigenvalue weighted by Gasteiger charge is -2.20. The number of anilines is 1. The molecule has 3 heteroatoms. The third kappa shape index (κ3) is 4.02. The molecule has 2 N–H and O–H groups in total. The highest BCUT2D eigenvalue weighted by Gasteiger charge is 2.11. The molecule has 3 nitrogen and oxygen atoms in total. The Morgan fingerprint density at radius 1 is 1.27 bits per heavy atom. The molecule has 1 amide bonds. The van der Waals surface area contributed by atoms with Crippen LogP contribution in [-0.4, -0.2) is 19.0 Å². The second-order valence-corrected chi connectivity index (χ2v) is 3.88. The summed E-state index contributed by atoms with van der Waals surface area (Å²) in [7, 11) is 0. The zero-order valence-electron chi connectivity index (χ0n) is 9.23. The van der Waals surface area contributed by atoms with Crippen molar-refractivity contribution in [3.63, 3.8) is 0 Å². The number of rotatable bonds is 6. The Balaban J connectivity index is 2.43. The minimum Gasteiger partial charge on any atom is -0.383 e. The highest BCUT2D eigenvalue weighted by Crippen LogP contribution is 2.07. The van der Waals surface area contributed by atoms with Crippen molar-refractivity contribution in [3.8, 4) is 0 Å². The fourth-order valence-corrected chi connectivity index (χ4v) is 1.36. The molecule has 0 aliphatic heterocycles. The molecule has 0 aliphatic rings. The van der Waals surface area contributed by atoms with Crippen molar-refractivity contribution in [2.24, 2.45) is 5.92 Å². The number of hydrogen-bond donors (Lipinski definition) is 2. The summed E-state index contributed by atoms with van der Waals surface area (Å²) in [6.07, 6.45) is 0.761. The summed E-state index contributed by atoms with van der Waals surface area (Å²) in [4.78, 5) is 10.4. The molecule has 0 aliphatic carbocycles. The first-order chi connectivity index (χ1) is 7.24. The number of benzene rings is 1. The van der Waals surface area contributed by atoms with Gasteiger partial charge in [-0.1, -0.05) is 32.0 Å². The smallest absolute Gasteiger partial charge is 0.207 e. The molecule has 82 valence electrons. The first kappa shape index (κ1) is 11.6. The van der Waals surface area contributed by atoms with Crippen molar-refractivity contribution in [1.29, 1.82) is 0 Å². The summed E-state index contributed by atoms with van der Waals surface area (Å²) in [5.41, 5.74) is 1.08. The average molecular weight is 206 g/mol. The van der Waals surface area contributed by atoms with Crippen molar-refractivity contribution >= 4 is 12.1 Å². The second-order valence-electron chi connectivity index (χ2n) is 3.88. The van der Waals surface area contributed by atoms with Crippen LogP contribution in [0.3, 0.4) is 0 Å². The quantitative estimate of drug-likeness (QED) is 0.698. The molecule has 0 aromatic heterocycles. The Bertz CT molecular complexity index is 285. The van der Waals surface area contributed by atoms with Gasteiger partial charge in [0.05, 0.1) is 0 Å². The molecule has 1 aromatic carbocycles. The Kier molecular flexibility index (Phi) is 4.68. The molecule has 0 heterocycles. The molecule has 0 bridgehead atoms. The Hall–Kier alpha value is -1.51. The van der Waals surface area contributed by atoms with E-state index in [-0.39, 0.29) is 6.04 Å². The van der Waals surface area contributed by atoms with E-state index in [0.717, 1.165) is 18.6 Å². The van der Waals surface area contributed by atoms with E-state index in [4.69, 9.17) is 0 Å². The lowest BCUT2D eigenvalue weighted by molar-refractivity contribution is -0.110. The first-order valence-electron chi connectivity index (χ1n) is 5.22. The van der Waals surface area contributed by atoms with Gasteiger partial charge in [-0.2, -0.15) is 0 Å². The number of carbonyl (C=O) groups excluding carboxylic acids is 1. The molecule has 1 aromatic rings. The number of nitrogens with one attached hydrogen (secondary N) is 2. The average Bonchev–Trinajstić information content (AvgIpc) is 2.25. The Labute approximate surface area is 90.9 Å². The van der Waals surface area contributed by atoms with Crippen LogP contribution >= 0.6 is 0 Å². The van der Waals surface area contributed by atoms with Gasteiger partial charge in [0, 0.05) is 18.3 Å². The maximum Gasteiger partial charge on any atom is 0.207 e. The SMILES string of the molecule is CC(C)[C@@H](CNc1ccccc1)NC=O. The third-order valence-corrected chi connectivity index (χ3v) is 2.39. The van der Waals surface area contributed by atoms with E-state index in [2.05, 4.69) is 24.5 Å². The normalized spacial score (nSPS) is 12.2. The lowest BCUT2D eigenvalue weighted by atomic mass is 10.0. The number of para-hydroxylation sites is 1. The number of carbonyl (C=O) groups is 1. The highest BCUT2D eigenvalue weighted by molar-refractivity contribution is 5.47. The van der Waals surface area contributed by atoms with Gasteiger partial charge in [-0.3, -0.25) is 4.79 Å². The minimum absolute atomic E-state index is 0.169. The summed E-state index contributed by atoms with van der Waals surface area (Å²) in [6.45, 7) is 4.93. The molecule has 15 heavy (non-hydrogen) atoms. The van der Waals surface area contributed by atoms with E-state index in [0.29, 0.717) is 5.92 Å². The van der Waals surface area contributed by atoms with Gasteiger partial charge in [0.2, 0.25) is 6.41 Å². The van der Waals surface area contributed by atoms with Crippen molar-refractivity contribution in [2.45, 2.75) is 19.9 Å². The Morgan fingerprint density at radius 2 is 1.93 bits per heavy atom. The zero-order valence-corrected chi connectivity index (χ0v) is 9.23. The predicted octanol–water partition coefficient (Wildman–Crippen LogP) is 1.87. The summed E-state index contributed by atoms with van der Waals surface area (Å²) in [6, 6.07) is 10.1. The van der Waals surface area contributed by atoms with E-state index in [1.807, 2.05) is 30.3 Å². The van der Waals surface area contributed by atoms with Gasteiger partial charge in [-0.15, -0.1) is 0 Å². The van der Waals surface area contributed by atoms with E-state index in [1.54, 1.807) is 0 Å². The summed E-state index contributed by atoms with van der Waals surface area (Å²) in [5, 5.41) is 6.10. The molecule has 0 saturated heterocycles. The molecule has 0 fully saturated rings. The van der Waals surface area contributed by atoms with Crippen LogP contribution in [0, 0.1) is 5.92 Å². The van der Waals surface area contributed by atoms with Gasteiger partial charge >= 0.3 is 0 Å². The van der Waals surface area contributed by atoms with E-state index < -0.39 is 0 Å². The molecular formula is C12H18N2O. The maximum absolute atomic E-state index is 10.4. The van der Waals surface area contributed by atoms with Crippen molar-refractivity contribution in [2.75, 3.05) is 11.9 Å². The number of hydrogen-bond acceptors (Lipinski definition) is 2. The predicted molar refractivity (Wildman–Crippen MR) is 62.8 cm³/mol. The second kappa shape index (κ2) is 6.06. The van der Waals surface area contributed by atoms with Crippen LogP contribution in [0.2, 0.25) is 0 Å². The van der Waals surface area contributed by atoms with Gasteiger partial charge in [0.25, 0.3) is 0 Å². The third-order valence-electron chi connectivity index (χ3n) is 2.39. The molecule has 0 saturated carbocycles. The largest absolute Gasteiger partial charge is 0.383 e. The molecule has 1 atom stereocenters. The zero-order chi connectivity index (χ0) is 11.1. The van der Waals surface area contributed by atoms with Gasteiger partial charge in [0.15, 0.2) is 0 Å². The van der Waals surface area contributed by atoms with Gasteiger partial charge in [-0.25, -0.2) is 0 Å². The minimum atomic E-state index is 0.169. The van der Waals surface area contributed by atoms with Crippen molar-refractivity contribution in [1.82, 2.24) is 5.32 Å². The van der Waals surface area contributed by atoms with Crippen LogP contribution in [0.5, 0.6) is 0 Å².